The van der Waals surface area contributed by atoms with Crippen molar-refractivity contribution >= 4 is 34.8 Å². The lowest BCUT2D eigenvalue weighted by molar-refractivity contribution is -0.131. The minimum Gasteiger partial charge on any atom is -0.497 e. The smallest absolute Gasteiger partial charge is 0.233 e. The Bertz CT molecular complexity index is 1050. The predicted molar refractivity (Wildman–Crippen MR) is 123 cm³/mol. The molecule has 160 valence electrons. The van der Waals surface area contributed by atoms with Crippen LogP contribution in [0.5, 0.6) is 5.75 Å². The van der Waals surface area contributed by atoms with Crippen LogP contribution in [0.1, 0.15) is 22.9 Å². The number of nitrogens with zero attached hydrogens (tertiary/aromatic N) is 4. The Hall–Kier alpha value is -3.09. The van der Waals surface area contributed by atoms with Crippen molar-refractivity contribution in [2.75, 3.05) is 18.6 Å². The Kier molecular flexibility index (Phi) is 7.87. The molecule has 0 aliphatic heterocycles. The fourth-order valence-electron chi connectivity index (χ4n) is 2.99. The van der Waals surface area contributed by atoms with Crippen LogP contribution in [0.2, 0.25) is 0 Å². The van der Waals surface area contributed by atoms with Gasteiger partial charge in [-0.2, -0.15) is 5.26 Å². The maximum absolute atomic E-state index is 13.2. The van der Waals surface area contributed by atoms with Gasteiger partial charge in [-0.3, -0.25) is 4.79 Å². The van der Waals surface area contributed by atoms with E-state index in [9.17, 15) is 4.79 Å². The molecular weight excluding hydrogens is 430 g/mol. The molecule has 3 aromatic rings. The number of aromatic nitrogens is 2. The molecule has 0 unspecified atom stereocenters. The average Bonchev–Trinajstić information content (AvgIpc) is 3.29. The first-order chi connectivity index (χ1) is 15.0. The van der Waals surface area contributed by atoms with Gasteiger partial charge in [-0.15, -0.1) is 11.3 Å². The average molecular weight is 454 g/mol. The molecule has 0 saturated heterocycles. The number of thioether (sulfide) groups is 1. The highest BCUT2D eigenvalue weighted by molar-refractivity contribution is 7.99. The Balaban J connectivity index is 1.72. The van der Waals surface area contributed by atoms with Gasteiger partial charge < -0.3 is 15.4 Å². The van der Waals surface area contributed by atoms with Gasteiger partial charge in [0, 0.05) is 23.9 Å². The van der Waals surface area contributed by atoms with Gasteiger partial charge in [0.25, 0.3) is 0 Å². The summed E-state index contributed by atoms with van der Waals surface area (Å²) < 4.78 is 5.23. The molecule has 7 nitrogen and oxygen atoms in total. The summed E-state index contributed by atoms with van der Waals surface area (Å²) >= 11 is 2.90. The number of hydrogen-bond donors (Lipinski definition) is 1. The summed E-state index contributed by atoms with van der Waals surface area (Å²) in [7, 11) is 1.63. The lowest BCUT2D eigenvalue weighted by Crippen LogP contribution is -2.40. The van der Waals surface area contributed by atoms with Crippen molar-refractivity contribution in [3.63, 3.8) is 0 Å². The number of methoxy groups -OCH3 is 1. The van der Waals surface area contributed by atoms with Gasteiger partial charge in [-0.25, -0.2) is 9.97 Å². The maximum Gasteiger partial charge on any atom is 0.233 e. The number of carbonyl (C=O) groups excluding carboxylic acids is 1. The topological polar surface area (TPSA) is 105 Å². The van der Waals surface area contributed by atoms with E-state index in [0.29, 0.717) is 11.7 Å². The van der Waals surface area contributed by atoms with Crippen LogP contribution in [0, 0.1) is 11.3 Å². The van der Waals surface area contributed by atoms with E-state index >= 15 is 0 Å². The highest BCUT2D eigenvalue weighted by atomic mass is 32.2. The van der Waals surface area contributed by atoms with Crippen molar-refractivity contribution in [1.29, 1.82) is 5.26 Å². The van der Waals surface area contributed by atoms with Gasteiger partial charge in [0.1, 0.15) is 23.2 Å². The van der Waals surface area contributed by atoms with Crippen LogP contribution in [-0.4, -0.2) is 39.7 Å². The zero-order valence-corrected chi connectivity index (χ0v) is 18.9. The number of rotatable bonds is 9. The van der Waals surface area contributed by atoms with E-state index in [0.717, 1.165) is 17.7 Å². The number of nitrogen functional groups attached to an aromatic ring is 1. The number of amides is 1. The second-order valence-corrected chi connectivity index (χ2v) is 8.83. The fraction of sp³-hybridized carbons (Fsp3) is 0.273. The van der Waals surface area contributed by atoms with E-state index in [1.54, 1.807) is 18.4 Å². The van der Waals surface area contributed by atoms with Crippen molar-refractivity contribution in [1.82, 2.24) is 14.9 Å². The molecule has 3 rings (SSSR count). The standard InChI is InChI=1S/C22H23N5O2S2/c1-15(10-19-4-3-9-30-19)27(13-16-5-7-18(29-2)8-6-16)20(28)14-31-22-25-12-17(11-23)21(24)26-22/h3-9,12,15H,10,13-14H2,1-2H3,(H2,24,25,26)/t15-/m0/s1. The Morgan fingerprint density at radius 3 is 2.74 bits per heavy atom. The lowest BCUT2D eigenvalue weighted by atomic mass is 10.1. The summed E-state index contributed by atoms with van der Waals surface area (Å²) in [4.78, 5) is 24.5. The maximum atomic E-state index is 13.2. The summed E-state index contributed by atoms with van der Waals surface area (Å²) in [5, 5.41) is 11.4. The number of nitrogens with two attached hydrogens (primary N) is 1. The summed E-state index contributed by atoms with van der Waals surface area (Å²) in [6, 6.07) is 13.8. The molecule has 0 radical (unpaired) electrons. The number of hydrogen-bond acceptors (Lipinski definition) is 8. The third-order valence-corrected chi connectivity index (χ3v) is 6.43. The summed E-state index contributed by atoms with van der Waals surface area (Å²) in [6.45, 7) is 2.55. The quantitative estimate of drug-likeness (QED) is 0.388. The largest absolute Gasteiger partial charge is 0.497 e. The van der Waals surface area contributed by atoms with Gasteiger partial charge in [-0.05, 0) is 36.1 Å². The van der Waals surface area contributed by atoms with Gasteiger partial charge in [0.15, 0.2) is 5.16 Å². The van der Waals surface area contributed by atoms with Crippen LogP contribution in [0.15, 0.2) is 53.1 Å². The second kappa shape index (κ2) is 10.8. The molecule has 2 N–H and O–H groups in total. The Morgan fingerprint density at radius 2 is 2.13 bits per heavy atom. The number of ether oxygens (including phenoxy) is 1. The van der Waals surface area contributed by atoms with Crippen molar-refractivity contribution in [2.24, 2.45) is 0 Å². The Morgan fingerprint density at radius 1 is 1.35 bits per heavy atom. The van der Waals surface area contributed by atoms with Crippen molar-refractivity contribution in [3.05, 3.63) is 64.0 Å². The molecular formula is C22H23N5O2S2. The minimum atomic E-state index is -0.0172. The summed E-state index contributed by atoms with van der Waals surface area (Å²) in [6.07, 6.45) is 2.16. The molecule has 1 atom stereocenters. The van der Waals surface area contributed by atoms with E-state index in [4.69, 9.17) is 15.7 Å². The molecule has 1 amide bonds. The molecule has 31 heavy (non-hydrogen) atoms. The Labute approximate surface area is 189 Å². The second-order valence-electron chi connectivity index (χ2n) is 6.85. The van der Waals surface area contributed by atoms with E-state index < -0.39 is 0 Å². The normalized spacial score (nSPS) is 11.5. The first kappa shape index (κ1) is 22.6. The third kappa shape index (κ3) is 6.20. The molecule has 1 aromatic carbocycles. The van der Waals surface area contributed by atoms with Crippen molar-refractivity contribution in [2.45, 2.75) is 31.1 Å². The van der Waals surface area contributed by atoms with Crippen LogP contribution in [0.4, 0.5) is 5.82 Å². The number of nitriles is 1. The predicted octanol–water partition coefficient (Wildman–Crippen LogP) is 3.75. The molecule has 2 heterocycles. The van der Waals surface area contributed by atoms with E-state index in [1.165, 1.54) is 22.8 Å². The molecule has 2 aromatic heterocycles. The number of thiophene rings is 1. The fourth-order valence-corrected chi connectivity index (χ4v) is 4.53. The van der Waals surface area contributed by atoms with Gasteiger partial charge in [0.2, 0.25) is 5.91 Å². The number of carbonyl (C=O) groups is 1. The van der Waals surface area contributed by atoms with Crippen LogP contribution in [-0.2, 0) is 17.8 Å². The SMILES string of the molecule is COc1ccc(CN(C(=O)CSc2ncc(C#N)c(N)n2)[C@@H](C)Cc2cccs2)cc1. The zero-order valence-electron chi connectivity index (χ0n) is 17.3. The van der Waals surface area contributed by atoms with E-state index in [1.807, 2.05) is 46.7 Å². The van der Waals surface area contributed by atoms with Crippen LogP contribution in [0.3, 0.4) is 0 Å². The highest BCUT2D eigenvalue weighted by Crippen LogP contribution is 2.21. The molecule has 0 saturated carbocycles. The number of anilines is 1. The van der Waals surface area contributed by atoms with Gasteiger partial charge in [0.05, 0.1) is 19.1 Å². The number of benzene rings is 1. The molecule has 9 heteroatoms. The summed E-state index contributed by atoms with van der Waals surface area (Å²) in [5.74, 6) is 1.06. The molecule has 0 fully saturated rings. The lowest BCUT2D eigenvalue weighted by Gasteiger charge is -2.29. The van der Waals surface area contributed by atoms with Crippen molar-refractivity contribution in [3.8, 4) is 11.8 Å². The minimum absolute atomic E-state index is 0.0146. The third-order valence-electron chi connectivity index (χ3n) is 4.68. The molecule has 0 aliphatic rings. The molecule has 0 bridgehead atoms. The molecule has 0 aliphatic carbocycles. The van der Waals surface area contributed by atoms with E-state index in [-0.39, 0.29) is 29.1 Å². The molecule has 0 spiro atoms. The summed E-state index contributed by atoms with van der Waals surface area (Å²) in [5.41, 5.74) is 7.00. The monoisotopic (exact) mass is 453 g/mol. The van der Waals surface area contributed by atoms with Crippen LogP contribution in [0.25, 0.3) is 0 Å². The van der Waals surface area contributed by atoms with Gasteiger partial charge in [-0.1, -0.05) is 30.0 Å². The first-order valence-corrected chi connectivity index (χ1v) is 11.5. The van der Waals surface area contributed by atoms with Crippen LogP contribution >= 0.6 is 23.1 Å². The van der Waals surface area contributed by atoms with E-state index in [2.05, 4.69) is 23.0 Å². The van der Waals surface area contributed by atoms with Crippen molar-refractivity contribution < 1.29 is 9.53 Å². The zero-order chi connectivity index (χ0) is 22.2. The highest BCUT2D eigenvalue weighted by Gasteiger charge is 2.22. The van der Waals surface area contributed by atoms with Gasteiger partial charge >= 0.3 is 0 Å². The van der Waals surface area contributed by atoms with Crippen LogP contribution < -0.4 is 10.5 Å². The first-order valence-electron chi connectivity index (χ1n) is 9.60.